The van der Waals surface area contributed by atoms with Crippen molar-refractivity contribution in [1.82, 2.24) is 0 Å². The molecule has 0 N–H and O–H groups in total. The Morgan fingerprint density at radius 1 is 1.56 bits per heavy atom. The lowest BCUT2D eigenvalue weighted by molar-refractivity contribution is 0.595. The summed E-state index contributed by atoms with van der Waals surface area (Å²) in [6.07, 6.45) is 6.55. The average molecular weight is 166 g/mol. The van der Waals surface area contributed by atoms with Crippen molar-refractivity contribution < 1.29 is 4.57 Å². The van der Waals surface area contributed by atoms with Gasteiger partial charge in [-0.2, -0.15) is 0 Å². The van der Waals surface area contributed by atoms with Gasteiger partial charge in [0, 0.05) is 6.42 Å². The van der Waals surface area contributed by atoms with Crippen LogP contribution in [0.3, 0.4) is 0 Å². The lowest BCUT2D eigenvalue weighted by atomic mass is 10.4. The summed E-state index contributed by atoms with van der Waals surface area (Å²) < 4.78 is 10.3. The van der Waals surface area contributed by atoms with Crippen molar-refractivity contribution in [3.05, 3.63) is 12.2 Å². The summed E-state index contributed by atoms with van der Waals surface area (Å²) in [5.74, 6) is 0. The lowest BCUT2D eigenvalue weighted by Gasteiger charge is -1.76. The first-order valence-corrected chi connectivity index (χ1v) is 5.37. The molecule has 3 heteroatoms. The van der Waals surface area contributed by atoms with Gasteiger partial charge < -0.3 is 0 Å². The molecule has 0 aromatic carbocycles. The van der Waals surface area contributed by atoms with Crippen LogP contribution in [0.15, 0.2) is 12.2 Å². The molecular weight excluding hydrogens is 154 g/mol. The zero-order chi connectivity index (χ0) is 7.11. The normalized spacial score (nSPS) is 12.4. The molecule has 0 spiro atoms. The number of hydrogen-bond donors (Lipinski definition) is 0. The van der Waals surface area contributed by atoms with E-state index in [0.29, 0.717) is 6.16 Å². The van der Waals surface area contributed by atoms with E-state index in [1.807, 2.05) is 6.08 Å². The Kier molecular flexibility index (Phi) is 6.34. The molecule has 1 nitrogen and oxygen atoms in total. The molecular formula is C6H11ClOP+. The van der Waals surface area contributed by atoms with Crippen molar-refractivity contribution in [3.8, 4) is 0 Å². The van der Waals surface area contributed by atoms with Gasteiger partial charge in [0.05, 0.1) is 0 Å². The van der Waals surface area contributed by atoms with Gasteiger partial charge in [-0.1, -0.05) is 23.6 Å². The Labute approximate surface area is 61.7 Å². The van der Waals surface area contributed by atoms with Crippen LogP contribution < -0.4 is 0 Å². The Balaban J connectivity index is 3.09. The van der Waals surface area contributed by atoms with E-state index in [1.165, 1.54) is 0 Å². The molecule has 0 amide bonds. The molecule has 0 rings (SSSR count). The monoisotopic (exact) mass is 165 g/mol. The molecule has 0 heterocycles. The average Bonchev–Trinajstić information content (AvgIpc) is 1.80. The van der Waals surface area contributed by atoms with Crippen molar-refractivity contribution in [2.45, 2.75) is 19.8 Å². The van der Waals surface area contributed by atoms with E-state index in [-0.39, 0.29) is 0 Å². The Morgan fingerprint density at radius 3 is 2.67 bits per heavy atom. The molecule has 1 atom stereocenters. The predicted molar refractivity (Wildman–Crippen MR) is 42.4 cm³/mol. The Bertz CT molecular complexity index is 112. The van der Waals surface area contributed by atoms with Crippen LogP contribution in [0, 0.1) is 0 Å². The fraction of sp³-hybridized carbons (Fsp3) is 0.667. The van der Waals surface area contributed by atoms with Crippen LogP contribution in [0.1, 0.15) is 19.8 Å². The van der Waals surface area contributed by atoms with E-state index in [1.54, 1.807) is 0 Å². The van der Waals surface area contributed by atoms with E-state index in [2.05, 4.69) is 13.0 Å². The first-order chi connectivity index (χ1) is 4.27. The molecule has 0 bridgehead atoms. The van der Waals surface area contributed by atoms with E-state index >= 15 is 0 Å². The van der Waals surface area contributed by atoms with Gasteiger partial charge in [-0.25, -0.2) is 0 Å². The molecule has 1 unspecified atom stereocenters. The van der Waals surface area contributed by atoms with Crippen LogP contribution in [-0.4, -0.2) is 6.16 Å². The summed E-state index contributed by atoms with van der Waals surface area (Å²) in [6.45, 7) is 2.07. The maximum atomic E-state index is 10.3. The Hall–Kier alpha value is 0.130. The van der Waals surface area contributed by atoms with E-state index in [9.17, 15) is 4.57 Å². The van der Waals surface area contributed by atoms with Crippen LogP contribution in [0.4, 0.5) is 0 Å². The molecule has 0 saturated carbocycles. The molecule has 52 valence electrons. The number of allylic oxidation sites excluding steroid dienone is 2. The summed E-state index contributed by atoms with van der Waals surface area (Å²) in [5.41, 5.74) is 0. The maximum Gasteiger partial charge on any atom is 0.455 e. The molecule has 0 radical (unpaired) electrons. The zero-order valence-electron chi connectivity index (χ0n) is 5.51. The van der Waals surface area contributed by atoms with E-state index in [0.717, 1.165) is 12.8 Å². The fourth-order valence-electron chi connectivity index (χ4n) is 0.461. The molecule has 0 saturated heterocycles. The second-order valence-corrected chi connectivity index (χ2v) is 3.92. The number of rotatable bonds is 4. The second kappa shape index (κ2) is 6.25. The number of hydrogen-bond acceptors (Lipinski definition) is 1. The van der Waals surface area contributed by atoms with Crippen LogP contribution in [-0.2, 0) is 4.57 Å². The minimum atomic E-state index is -1.45. The summed E-state index contributed by atoms with van der Waals surface area (Å²) >= 11 is 5.23. The summed E-state index contributed by atoms with van der Waals surface area (Å²) in [5, 5.41) is 0. The highest BCUT2D eigenvalue weighted by Crippen LogP contribution is 2.26. The largest absolute Gasteiger partial charge is 0.455 e. The van der Waals surface area contributed by atoms with Crippen molar-refractivity contribution in [2.75, 3.05) is 6.16 Å². The Morgan fingerprint density at radius 2 is 2.22 bits per heavy atom. The maximum absolute atomic E-state index is 10.3. The topological polar surface area (TPSA) is 17.1 Å². The van der Waals surface area contributed by atoms with Crippen molar-refractivity contribution in [2.24, 2.45) is 0 Å². The lowest BCUT2D eigenvalue weighted by Crippen LogP contribution is -1.68. The van der Waals surface area contributed by atoms with Gasteiger partial charge in [-0.3, -0.25) is 0 Å². The van der Waals surface area contributed by atoms with Gasteiger partial charge in [-0.15, -0.1) is 0 Å². The zero-order valence-corrected chi connectivity index (χ0v) is 7.16. The van der Waals surface area contributed by atoms with Crippen molar-refractivity contribution in [1.29, 1.82) is 0 Å². The van der Waals surface area contributed by atoms with Crippen LogP contribution >= 0.6 is 18.4 Å². The van der Waals surface area contributed by atoms with Gasteiger partial charge in [0.2, 0.25) is 11.2 Å². The van der Waals surface area contributed by atoms with Gasteiger partial charge >= 0.3 is 7.15 Å². The van der Waals surface area contributed by atoms with Crippen molar-refractivity contribution in [3.63, 3.8) is 0 Å². The molecule has 0 aromatic rings. The molecule has 0 fully saturated rings. The van der Waals surface area contributed by atoms with Gasteiger partial charge in [-0.05, 0) is 6.42 Å². The minimum absolute atomic E-state index is 0.605. The SMILES string of the molecule is CCC=CCC[P+](=O)Cl. The number of halogens is 1. The minimum Gasteiger partial charge on any atom is -0.0887 e. The highest BCUT2D eigenvalue weighted by molar-refractivity contribution is 7.73. The standard InChI is InChI=1S/C6H11ClOP/c1-2-3-4-5-6-9(7)8/h3-4H,2,5-6H2,1H3/q+1. The van der Waals surface area contributed by atoms with Gasteiger partial charge in [0.25, 0.3) is 0 Å². The molecule has 0 aliphatic heterocycles. The van der Waals surface area contributed by atoms with Crippen LogP contribution in [0.5, 0.6) is 0 Å². The highest BCUT2D eigenvalue weighted by Gasteiger charge is 2.06. The third kappa shape index (κ3) is 8.13. The first-order valence-electron chi connectivity index (χ1n) is 3.02. The summed E-state index contributed by atoms with van der Waals surface area (Å²) in [7, 11) is -1.45. The van der Waals surface area contributed by atoms with Crippen molar-refractivity contribution >= 4 is 18.4 Å². The van der Waals surface area contributed by atoms with E-state index < -0.39 is 7.15 Å². The highest BCUT2D eigenvalue weighted by atomic mass is 35.7. The first kappa shape index (κ1) is 9.13. The predicted octanol–water partition coefficient (Wildman–Crippen LogP) is 3.32. The summed E-state index contributed by atoms with van der Waals surface area (Å²) in [6, 6.07) is 0. The quantitative estimate of drug-likeness (QED) is 0.461. The van der Waals surface area contributed by atoms with Crippen LogP contribution in [0.2, 0.25) is 0 Å². The third-order valence-corrected chi connectivity index (χ3v) is 1.99. The molecule has 0 aliphatic carbocycles. The summed E-state index contributed by atoms with van der Waals surface area (Å²) in [4.78, 5) is 0. The van der Waals surface area contributed by atoms with Gasteiger partial charge in [0.1, 0.15) is 0 Å². The molecule has 0 aromatic heterocycles. The van der Waals surface area contributed by atoms with Crippen LogP contribution in [0.25, 0.3) is 0 Å². The second-order valence-electron chi connectivity index (χ2n) is 1.71. The smallest absolute Gasteiger partial charge is 0.0887 e. The fourth-order valence-corrected chi connectivity index (χ4v) is 1.11. The molecule has 9 heavy (non-hydrogen) atoms. The third-order valence-electron chi connectivity index (χ3n) is 0.874. The van der Waals surface area contributed by atoms with Gasteiger partial charge in [0.15, 0.2) is 6.16 Å². The van der Waals surface area contributed by atoms with E-state index in [4.69, 9.17) is 11.2 Å². The molecule has 0 aliphatic rings.